The van der Waals surface area contributed by atoms with Crippen molar-refractivity contribution in [1.29, 1.82) is 0 Å². The predicted molar refractivity (Wildman–Crippen MR) is 84.5 cm³/mol. The van der Waals surface area contributed by atoms with Crippen LogP contribution in [0.3, 0.4) is 0 Å². The van der Waals surface area contributed by atoms with Crippen molar-refractivity contribution in [3.8, 4) is 0 Å². The molecule has 2 amide bonds. The Morgan fingerprint density at radius 3 is 2.62 bits per heavy atom. The van der Waals surface area contributed by atoms with Crippen molar-refractivity contribution in [2.75, 3.05) is 6.54 Å². The van der Waals surface area contributed by atoms with Crippen molar-refractivity contribution in [3.05, 3.63) is 17.5 Å². The van der Waals surface area contributed by atoms with Gasteiger partial charge >= 0.3 is 12.2 Å². The molecule has 2 N–H and O–H groups in total. The van der Waals surface area contributed by atoms with Crippen LogP contribution in [0.2, 0.25) is 0 Å². The fourth-order valence-corrected chi connectivity index (χ4v) is 2.94. The van der Waals surface area contributed by atoms with E-state index in [1.807, 2.05) is 6.92 Å². The number of aryl methyl sites for hydroxylation is 1. The van der Waals surface area contributed by atoms with E-state index in [0.29, 0.717) is 18.8 Å². The summed E-state index contributed by atoms with van der Waals surface area (Å²) in [6.45, 7) is 4.18. The molecule has 1 atom stereocenters. The SMILES string of the molecule is Cc1cc(C(F)(F)F)nn1C[C@H](C)CNC(=O)NC1CCCCC1. The van der Waals surface area contributed by atoms with Crippen molar-refractivity contribution in [2.45, 2.75) is 64.7 Å². The molecular formula is C16H25F3N4O. The molecule has 1 aliphatic carbocycles. The third-order valence-corrected chi connectivity index (χ3v) is 4.31. The molecule has 1 saturated carbocycles. The molecule has 0 aliphatic heterocycles. The highest BCUT2D eigenvalue weighted by Gasteiger charge is 2.34. The number of amides is 2. The van der Waals surface area contributed by atoms with E-state index >= 15 is 0 Å². The fraction of sp³-hybridized carbons (Fsp3) is 0.750. The lowest BCUT2D eigenvalue weighted by atomic mass is 9.96. The molecule has 1 aromatic rings. The first kappa shape index (κ1) is 18.6. The summed E-state index contributed by atoms with van der Waals surface area (Å²) in [4.78, 5) is 11.9. The minimum Gasteiger partial charge on any atom is -0.338 e. The van der Waals surface area contributed by atoms with Crippen LogP contribution >= 0.6 is 0 Å². The molecule has 0 radical (unpaired) electrons. The Morgan fingerprint density at radius 1 is 1.38 bits per heavy atom. The van der Waals surface area contributed by atoms with E-state index in [-0.39, 0.29) is 18.0 Å². The number of hydrogen-bond donors (Lipinski definition) is 2. The zero-order chi connectivity index (χ0) is 17.7. The predicted octanol–water partition coefficient (Wildman–Crippen LogP) is 3.48. The summed E-state index contributed by atoms with van der Waals surface area (Å²) in [7, 11) is 0. The van der Waals surface area contributed by atoms with E-state index in [1.54, 1.807) is 6.92 Å². The van der Waals surface area contributed by atoms with Crippen LogP contribution in [-0.4, -0.2) is 28.4 Å². The number of rotatable bonds is 5. The third kappa shape index (κ3) is 5.42. The summed E-state index contributed by atoms with van der Waals surface area (Å²) in [5, 5.41) is 9.35. The summed E-state index contributed by atoms with van der Waals surface area (Å²) >= 11 is 0. The van der Waals surface area contributed by atoms with E-state index in [4.69, 9.17) is 0 Å². The van der Waals surface area contributed by atoms with Gasteiger partial charge in [0.2, 0.25) is 0 Å². The summed E-state index contributed by atoms with van der Waals surface area (Å²) < 4.78 is 39.3. The van der Waals surface area contributed by atoms with Crippen LogP contribution in [0.5, 0.6) is 0 Å². The molecule has 1 aliphatic rings. The van der Waals surface area contributed by atoms with Crippen molar-refractivity contribution in [2.24, 2.45) is 5.92 Å². The Hall–Kier alpha value is -1.73. The molecule has 136 valence electrons. The highest BCUT2D eigenvalue weighted by Crippen LogP contribution is 2.28. The van der Waals surface area contributed by atoms with E-state index in [2.05, 4.69) is 15.7 Å². The van der Waals surface area contributed by atoms with Crippen molar-refractivity contribution in [3.63, 3.8) is 0 Å². The highest BCUT2D eigenvalue weighted by atomic mass is 19.4. The van der Waals surface area contributed by atoms with Crippen LogP contribution in [0.15, 0.2) is 6.07 Å². The minimum atomic E-state index is -4.43. The average molecular weight is 346 g/mol. The first-order valence-corrected chi connectivity index (χ1v) is 8.41. The maximum atomic E-state index is 12.7. The Kier molecular flexibility index (Phi) is 6.12. The van der Waals surface area contributed by atoms with Crippen LogP contribution in [0.1, 0.15) is 50.4 Å². The fourth-order valence-electron chi connectivity index (χ4n) is 2.94. The number of nitrogens with zero attached hydrogens (tertiary/aromatic N) is 2. The third-order valence-electron chi connectivity index (χ3n) is 4.31. The zero-order valence-corrected chi connectivity index (χ0v) is 14.1. The van der Waals surface area contributed by atoms with Crippen molar-refractivity contribution < 1.29 is 18.0 Å². The molecule has 0 saturated heterocycles. The maximum absolute atomic E-state index is 12.7. The zero-order valence-electron chi connectivity index (χ0n) is 14.1. The van der Waals surface area contributed by atoms with Crippen LogP contribution in [0.25, 0.3) is 0 Å². The Balaban J connectivity index is 1.77. The molecule has 0 spiro atoms. The van der Waals surface area contributed by atoms with Crippen LogP contribution in [-0.2, 0) is 12.7 Å². The van der Waals surface area contributed by atoms with Gasteiger partial charge in [0.15, 0.2) is 5.69 Å². The molecule has 8 heteroatoms. The number of urea groups is 1. The number of halogens is 3. The van der Waals surface area contributed by atoms with E-state index in [0.717, 1.165) is 31.7 Å². The van der Waals surface area contributed by atoms with Crippen LogP contribution < -0.4 is 10.6 Å². The molecule has 1 fully saturated rings. The minimum absolute atomic E-state index is 0.0261. The second-order valence-electron chi connectivity index (χ2n) is 6.65. The lowest BCUT2D eigenvalue weighted by Gasteiger charge is -2.23. The van der Waals surface area contributed by atoms with Crippen molar-refractivity contribution in [1.82, 2.24) is 20.4 Å². The van der Waals surface area contributed by atoms with E-state index in [9.17, 15) is 18.0 Å². The molecular weight excluding hydrogens is 321 g/mol. The van der Waals surface area contributed by atoms with E-state index < -0.39 is 11.9 Å². The topological polar surface area (TPSA) is 59.0 Å². The Bertz CT molecular complexity index is 550. The molecule has 1 heterocycles. The molecule has 0 bridgehead atoms. The number of nitrogens with one attached hydrogen (secondary N) is 2. The van der Waals surface area contributed by atoms with Gasteiger partial charge in [-0.3, -0.25) is 4.68 Å². The van der Waals surface area contributed by atoms with Gasteiger partial charge in [-0.1, -0.05) is 26.2 Å². The molecule has 24 heavy (non-hydrogen) atoms. The smallest absolute Gasteiger partial charge is 0.338 e. The normalized spacial score (nSPS) is 17.5. The summed E-state index contributed by atoms with van der Waals surface area (Å²) in [5.41, 5.74) is -0.420. The van der Waals surface area contributed by atoms with Gasteiger partial charge in [-0.05, 0) is 31.7 Å². The highest BCUT2D eigenvalue weighted by molar-refractivity contribution is 5.74. The molecule has 1 aromatic heterocycles. The molecule has 0 unspecified atom stereocenters. The second kappa shape index (κ2) is 7.90. The number of hydrogen-bond acceptors (Lipinski definition) is 2. The van der Waals surface area contributed by atoms with Gasteiger partial charge in [0.05, 0.1) is 0 Å². The number of alkyl halides is 3. The van der Waals surface area contributed by atoms with Gasteiger partial charge in [0, 0.05) is 24.8 Å². The van der Waals surface area contributed by atoms with Crippen LogP contribution in [0.4, 0.5) is 18.0 Å². The summed E-state index contributed by atoms with van der Waals surface area (Å²) in [6, 6.07) is 1.06. The standard InChI is InChI=1S/C16H25F3N4O/c1-11(9-20-15(24)21-13-6-4-3-5-7-13)10-23-12(2)8-14(22-23)16(17,18)19/h8,11,13H,3-7,9-10H2,1-2H3,(H2,20,21,24)/t11-/m1/s1. The summed E-state index contributed by atoms with van der Waals surface area (Å²) in [6.07, 6.45) is 1.09. The Labute approximate surface area is 140 Å². The second-order valence-corrected chi connectivity index (χ2v) is 6.65. The molecule has 2 rings (SSSR count). The van der Waals surface area contributed by atoms with Crippen LogP contribution in [0, 0.1) is 12.8 Å². The Morgan fingerprint density at radius 2 is 2.04 bits per heavy atom. The molecule has 5 nitrogen and oxygen atoms in total. The van der Waals surface area contributed by atoms with Gasteiger partial charge < -0.3 is 10.6 Å². The average Bonchev–Trinajstić information content (AvgIpc) is 2.87. The number of carbonyl (C=O) groups is 1. The van der Waals surface area contributed by atoms with E-state index in [1.165, 1.54) is 11.1 Å². The quantitative estimate of drug-likeness (QED) is 0.857. The van der Waals surface area contributed by atoms with Gasteiger partial charge in [-0.25, -0.2) is 4.79 Å². The number of aromatic nitrogens is 2. The first-order valence-electron chi connectivity index (χ1n) is 8.41. The lowest BCUT2D eigenvalue weighted by Crippen LogP contribution is -2.44. The van der Waals surface area contributed by atoms with Gasteiger partial charge in [0.1, 0.15) is 0 Å². The number of carbonyl (C=O) groups excluding carboxylic acids is 1. The van der Waals surface area contributed by atoms with Crippen molar-refractivity contribution >= 4 is 6.03 Å². The van der Waals surface area contributed by atoms with Gasteiger partial charge in [-0.2, -0.15) is 18.3 Å². The van der Waals surface area contributed by atoms with Gasteiger partial charge in [0.25, 0.3) is 0 Å². The monoisotopic (exact) mass is 346 g/mol. The maximum Gasteiger partial charge on any atom is 0.435 e. The van der Waals surface area contributed by atoms with Gasteiger partial charge in [-0.15, -0.1) is 0 Å². The first-order chi connectivity index (χ1) is 11.3. The summed E-state index contributed by atoms with van der Waals surface area (Å²) in [5.74, 6) is -0.0261. The lowest BCUT2D eigenvalue weighted by molar-refractivity contribution is -0.141. The largest absolute Gasteiger partial charge is 0.435 e. The molecule has 0 aromatic carbocycles.